The maximum absolute atomic E-state index is 5.89. The number of hydrogen-bond donors (Lipinski definition) is 1. The molecule has 6 nitrogen and oxygen atoms in total. The summed E-state index contributed by atoms with van der Waals surface area (Å²) in [7, 11) is 0. The van der Waals surface area contributed by atoms with Crippen LogP contribution < -0.4 is 5.32 Å². The van der Waals surface area contributed by atoms with E-state index in [9.17, 15) is 0 Å². The third-order valence-corrected chi connectivity index (χ3v) is 3.13. The first-order chi connectivity index (χ1) is 8.69. The molecule has 0 fully saturated rings. The molecule has 0 saturated heterocycles. The van der Waals surface area contributed by atoms with E-state index >= 15 is 0 Å². The Morgan fingerprint density at radius 3 is 2.94 bits per heavy atom. The Bertz CT molecular complexity index is 503. The highest BCUT2D eigenvalue weighted by atomic mass is 35.5. The lowest BCUT2D eigenvalue weighted by Crippen LogP contribution is -2.20. The van der Waals surface area contributed by atoms with Gasteiger partial charge in [-0.25, -0.2) is 4.98 Å². The highest BCUT2D eigenvalue weighted by Gasteiger charge is 2.08. The smallest absolute Gasteiger partial charge is 0.241 e. The van der Waals surface area contributed by atoms with Crippen molar-refractivity contribution in [1.82, 2.24) is 24.5 Å². The predicted octanol–water partition coefficient (Wildman–Crippen LogP) is 1.87. The lowest BCUT2D eigenvalue weighted by atomic mass is 10.4. The van der Waals surface area contributed by atoms with Crippen LogP contribution in [0, 0.1) is 0 Å². The molecule has 8 heteroatoms. The number of nitrogens with zero attached hydrogens (tertiary/aromatic N) is 5. The van der Waals surface area contributed by atoms with Gasteiger partial charge < -0.3 is 5.32 Å². The Hall–Kier alpha value is -1.34. The molecule has 0 aliphatic rings. The number of rotatable bonds is 5. The van der Waals surface area contributed by atoms with E-state index in [1.54, 1.807) is 35.0 Å². The maximum atomic E-state index is 5.89. The van der Waals surface area contributed by atoms with Crippen LogP contribution in [0.5, 0.6) is 0 Å². The van der Waals surface area contributed by atoms with Crippen LogP contribution in [0.15, 0.2) is 18.7 Å². The molecule has 1 atom stereocenters. The summed E-state index contributed by atoms with van der Waals surface area (Å²) in [6.07, 6.45) is 7.07. The molecule has 0 aromatic carbocycles. The van der Waals surface area contributed by atoms with Crippen molar-refractivity contribution in [2.75, 3.05) is 17.3 Å². The molecule has 2 aromatic rings. The molecule has 0 amide bonds. The average Bonchev–Trinajstić information content (AvgIpc) is 2.81. The molecule has 18 heavy (non-hydrogen) atoms. The van der Waals surface area contributed by atoms with E-state index in [0.717, 1.165) is 5.75 Å². The van der Waals surface area contributed by atoms with Crippen LogP contribution in [0.3, 0.4) is 0 Å². The summed E-state index contributed by atoms with van der Waals surface area (Å²) in [6, 6.07) is 0.258. The molecular formula is C10H13ClN6S. The molecule has 0 aliphatic heterocycles. The second kappa shape index (κ2) is 6.01. The lowest BCUT2D eigenvalue weighted by Gasteiger charge is -2.12. The van der Waals surface area contributed by atoms with Gasteiger partial charge in [-0.05, 0) is 24.8 Å². The van der Waals surface area contributed by atoms with Gasteiger partial charge in [-0.1, -0.05) is 0 Å². The van der Waals surface area contributed by atoms with Gasteiger partial charge in [0, 0.05) is 24.2 Å². The zero-order valence-corrected chi connectivity index (χ0v) is 11.6. The molecule has 0 saturated carbocycles. The van der Waals surface area contributed by atoms with Crippen LogP contribution in [0.1, 0.15) is 6.92 Å². The van der Waals surface area contributed by atoms with E-state index in [-0.39, 0.29) is 11.3 Å². The summed E-state index contributed by atoms with van der Waals surface area (Å²) < 4.78 is 1.68. The number of aromatic nitrogens is 5. The van der Waals surface area contributed by atoms with Gasteiger partial charge in [0.1, 0.15) is 6.33 Å². The van der Waals surface area contributed by atoms with E-state index in [4.69, 9.17) is 11.6 Å². The normalized spacial score (nSPS) is 12.4. The molecule has 0 bridgehead atoms. The highest BCUT2D eigenvalue weighted by Crippen LogP contribution is 2.11. The van der Waals surface area contributed by atoms with Crippen molar-refractivity contribution >= 4 is 29.3 Å². The van der Waals surface area contributed by atoms with Gasteiger partial charge >= 0.3 is 0 Å². The fourth-order valence-electron chi connectivity index (χ4n) is 1.41. The van der Waals surface area contributed by atoms with Crippen LogP contribution in [0.25, 0.3) is 5.95 Å². The fraction of sp³-hybridized carbons (Fsp3) is 0.400. The molecule has 1 unspecified atom stereocenters. The summed E-state index contributed by atoms with van der Waals surface area (Å²) >= 11 is 7.64. The number of imidazole rings is 1. The van der Waals surface area contributed by atoms with E-state index < -0.39 is 0 Å². The molecule has 2 aromatic heterocycles. The Labute approximate surface area is 114 Å². The van der Waals surface area contributed by atoms with Crippen molar-refractivity contribution in [3.05, 3.63) is 24.0 Å². The number of anilines is 1. The van der Waals surface area contributed by atoms with Gasteiger partial charge in [0.25, 0.3) is 0 Å². The summed E-state index contributed by atoms with van der Waals surface area (Å²) in [5.41, 5.74) is 0. The minimum Gasteiger partial charge on any atom is -0.351 e. The molecular weight excluding hydrogens is 272 g/mol. The van der Waals surface area contributed by atoms with Crippen LogP contribution in [0.4, 0.5) is 5.95 Å². The first-order valence-corrected chi connectivity index (χ1v) is 7.11. The molecule has 2 rings (SSSR count). The molecule has 2 heterocycles. The third kappa shape index (κ3) is 3.33. The minimum atomic E-state index is 0.160. The molecule has 0 spiro atoms. The van der Waals surface area contributed by atoms with E-state index in [1.807, 2.05) is 0 Å². The second-order valence-corrected chi connectivity index (χ2v) is 4.95. The Morgan fingerprint density at radius 2 is 2.28 bits per heavy atom. The van der Waals surface area contributed by atoms with Gasteiger partial charge in [0.15, 0.2) is 0 Å². The zero-order valence-electron chi connectivity index (χ0n) is 10.0. The number of halogens is 1. The predicted molar refractivity (Wildman–Crippen MR) is 73.4 cm³/mol. The number of hydrogen-bond acceptors (Lipinski definition) is 6. The van der Waals surface area contributed by atoms with Crippen molar-refractivity contribution in [2.24, 2.45) is 0 Å². The van der Waals surface area contributed by atoms with Gasteiger partial charge in [-0.2, -0.15) is 26.7 Å². The second-order valence-electron chi connectivity index (χ2n) is 3.70. The highest BCUT2D eigenvalue weighted by molar-refractivity contribution is 7.98. The first kappa shape index (κ1) is 13.1. The summed E-state index contributed by atoms with van der Waals surface area (Å²) in [5.74, 6) is 1.88. The fourth-order valence-corrected chi connectivity index (χ4v) is 2.15. The zero-order chi connectivity index (χ0) is 13.0. The SMILES string of the molecule is CSCC(C)Nc1nc(Cl)nc(-n2ccnc2)n1. The van der Waals surface area contributed by atoms with E-state index in [2.05, 4.69) is 38.4 Å². The van der Waals surface area contributed by atoms with E-state index in [1.165, 1.54) is 0 Å². The minimum absolute atomic E-state index is 0.160. The van der Waals surface area contributed by atoms with Gasteiger partial charge in [-0.15, -0.1) is 0 Å². The van der Waals surface area contributed by atoms with Gasteiger partial charge in [0.05, 0.1) is 0 Å². The van der Waals surface area contributed by atoms with Crippen molar-refractivity contribution in [3.63, 3.8) is 0 Å². The number of nitrogens with one attached hydrogen (secondary N) is 1. The summed E-state index contributed by atoms with van der Waals surface area (Å²) in [5, 5.41) is 3.34. The number of thioether (sulfide) groups is 1. The van der Waals surface area contributed by atoms with Crippen molar-refractivity contribution in [2.45, 2.75) is 13.0 Å². The molecule has 96 valence electrons. The monoisotopic (exact) mass is 284 g/mol. The lowest BCUT2D eigenvalue weighted by molar-refractivity contribution is 0.849. The van der Waals surface area contributed by atoms with Crippen molar-refractivity contribution < 1.29 is 0 Å². The topological polar surface area (TPSA) is 68.5 Å². The Kier molecular flexibility index (Phi) is 4.38. The summed E-state index contributed by atoms with van der Waals surface area (Å²) in [6.45, 7) is 2.06. The maximum Gasteiger partial charge on any atom is 0.241 e. The third-order valence-electron chi connectivity index (χ3n) is 2.12. The van der Waals surface area contributed by atoms with Crippen LogP contribution >= 0.6 is 23.4 Å². The molecule has 1 N–H and O–H groups in total. The molecule has 0 radical (unpaired) electrons. The quantitative estimate of drug-likeness (QED) is 0.904. The van der Waals surface area contributed by atoms with Crippen LogP contribution in [-0.2, 0) is 0 Å². The van der Waals surface area contributed by atoms with Crippen LogP contribution in [0.2, 0.25) is 5.28 Å². The summed E-state index contributed by atoms with van der Waals surface area (Å²) in [4.78, 5) is 16.3. The Morgan fingerprint density at radius 1 is 1.44 bits per heavy atom. The van der Waals surface area contributed by atoms with Gasteiger partial charge in [0.2, 0.25) is 17.2 Å². The van der Waals surface area contributed by atoms with Crippen LogP contribution in [-0.4, -0.2) is 42.6 Å². The first-order valence-electron chi connectivity index (χ1n) is 5.34. The largest absolute Gasteiger partial charge is 0.351 e. The van der Waals surface area contributed by atoms with Crippen molar-refractivity contribution in [1.29, 1.82) is 0 Å². The Balaban J connectivity index is 2.22. The van der Waals surface area contributed by atoms with Gasteiger partial charge in [-0.3, -0.25) is 4.57 Å². The standard InChI is InChI=1S/C10H13ClN6S/c1-7(5-18-2)13-9-14-8(11)15-10(16-9)17-4-3-12-6-17/h3-4,6-7H,5H2,1-2H3,(H,13,14,15,16). The van der Waals surface area contributed by atoms with Crippen molar-refractivity contribution in [3.8, 4) is 5.95 Å². The molecule has 0 aliphatic carbocycles. The van der Waals surface area contributed by atoms with E-state index in [0.29, 0.717) is 11.9 Å². The average molecular weight is 285 g/mol.